The molecule has 8 heteroatoms. The van der Waals surface area contributed by atoms with E-state index in [-0.39, 0.29) is 19.1 Å². The largest absolute Gasteiger partial charge is 0.488 e. The molecule has 1 aromatic heterocycles. The standard InChI is InChI=1S/C24H22N2O6/c1-14(29)25-19-10-26-20-8-17(11-27)9-21(31-13-16-6-4-3-5-7-16)22(20)18(12-28)23(26)24(19)32-15(2)30/h3-9,11-12,19,24H,10,13H2,1-2H3,(H,25,29)/t19-,24-/m0/s1. The van der Waals surface area contributed by atoms with Crippen LogP contribution < -0.4 is 10.1 Å². The number of benzene rings is 2. The van der Waals surface area contributed by atoms with E-state index in [1.54, 1.807) is 16.7 Å². The van der Waals surface area contributed by atoms with Crippen LogP contribution in [0.2, 0.25) is 0 Å². The Bertz CT molecular complexity index is 1210. The number of rotatable bonds is 7. The lowest BCUT2D eigenvalue weighted by molar-refractivity contribution is -0.148. The Morgan fingerprint density at radius 3 is 2.50 bits per heavy atom. The van der Waals surface area contributed by atoms with E-state index in [9.17, 15) is 19.2 Å². The van der Waals surface area contributed by atoms with Gasteiger partial charge in [0, 0.05) is 26.0 Å². The van der Waals surface area contributed by atoms with Crippen molar-refractivity contribution in [3.8, 4) is 5.75 Å². The van der Waals surface area contributed by atoms with Gasteiger partial charge in [0.2, 0.25) is 5.91 Å². The monoisotopic (exact) mass is 434 g/mol. The zero-order chi connectivity index (χ0) is 22.8. The van der Waals surface area contributed by atoms with Crippen LogP contribution in [0.25, 0.3) is 10.9 Å². The normalized spacial score (nSPS) is 16.9. The maximum absolute atomic E-state index is 12.2. The fourth-order valence-electron chi connectivity index (χ4n) is 4.23. The van der Waals surface area contributed by atoms with E-state index in [1.165, 1.54) is 13.8 Å². The molecule has 0 aliphatic carbocycles. The molecule has 2 aromatic carbocycles. The Kier molecular flexibility index (Phi) is 5.77. The van der Waals surface area contributed by atoms with Crippen molar-refractivity contribution >= 4 is 35.4 Å². The van der Waals surface area contributed by atoms with Gasteiger partial charge in [0.25, 0.3) is 0 Å². The van der Waals surface area contributed by atoms with Crippen molar-refractivity contribution in [3.63, 3.8) is 0 Å². The van der Waals surface area contributed by atoms with Crippen molar-refractivity contribution in [2.75, 3.05) is 0 Å². The van der Waals surface area contributed by atoms with Crippen LogP contribution >= 0.6 is 0 Å². The number of carbonyl (C=O) groups excluding carboxylic acids is 4. The molecule has 0 saturated heterocycles. The number of nitrogens with one attached hydrogen (secondary N) is 1. The average Bonchev–Trinajstić information content (AvgIpc) is 3.26. The van der Waals surface area contributed by atoms with Gasteiger partial charge in [-0.15, -0.1) is 0 Å². The maximum atomic E-state index is 12.2. The molecule has 4 rings (SSSR count). The van der Waals surface area contributed by atoms with Crippen LogP contribution in [-0.2, 0) is 27.5 Å². The summed E-state index contributed by atoms with van der Waals surface area (Å²) in [5.41, 5.74) is 2.68. The summed E-state index contributed by atoms with van der Waals surface area (Å²) >= 11 is 0. The van der Waals surface area contributed by atoms with Gasteiger partial charge in [0.15, 0.2) is 12.4 Å². The highest BCUT2D eigenvalue weighted by molar-refractivity contribution is 6.05. The van der Waals surface area contributed by atoms with Crippen molar-refractivity contribution in [1.29, 1.82) is 0 Å². The minimum atomic E-state index is -0.842. The highest BCUT2D eigenvalue weighted by atomic mass is 16.5. The lowest BCUT2D eigenvalue weighted by Gasteiger charge is -2.20. The second-order valence-electron chi connectivity index (χ2n) is 7.67. The summed E-state index contributed by atoms with van der Waals surface area (Å²) in [4.78, 5) is 47.3. The van der Waals surface area contributed by atoms with Gasteiger partial charge in [-0.25, -0.2) is 0 Å². The number of nitrogens with zero attached hydrogens (tertiary/aromatic N) is 1. The molecule has 1 aliphatic rings. The molecule has 0 unspecified atom stereocenters. The molecule has 8 nitrogen and oxygen atoms in total. The number of hydrogen-bond donors (Lipinski definition) is 1. The van der Waals surface area contributed by atoms with E-state index >= 15 is 0 Å². The lowest BCUT2D eigenvalue weighted by Crippen LogP contribution is -2.38. The topological polar surface area (TPSA) is 104 Å². The summed E-state index contributed by atoms with van der Waals surface area (Å²) in [5, 5.41) is 3.32. The number of amides is 1. The minimum Gasteiger partial charge on any atom is -0.488 e. The highest BCUT2D eigenvalue weighted by Crippen LogP contribution is 2.42. The summed E-state index contributed by atoms with van der Waals surface area (Å²) in [6, 6.07) is 12.2. The molecule has 0 radical (unpaired) electrons. The van der Waals surface area contributed by atoms with Crippen molar-refractivity contribution in [3.05, 3.63) is 64.8 Å². The average molecular weight is 434 g/mol. The van der Waals surface area contributed by atoms with Gasteiger partial charge < -0.3 is 19.4 Å². The number of carbonyl (C=O) groups is 4. The second-order valence-corrected chi connectivity index (χ2v) is 7.67. The van der Waals surface area contributed by atoms with Crippen LogP contribution in [0, 0.1) is 0 Å². The Morgan fingerprint density at radius 1 is 1.12 bits per heavy atom. The third kappa shape index (κ3) is 3.87. The number of ether oxygens (including phenoxy) is 2. The van der Waals surface area contributed by atoms with Crippen LogP contribution in [0.5, 0.6) is 5.75 Å². The zero-order valence-corrected chi connectivity index (χ0v) is 17.7. The molecule has 2 atom stereocenters. The molecule has 0 bridgehead atoms. The van der Waals surface area contributed by atoms with Crippen molar-refractivity contribution < 1.29 is 28.7 Å². The SMILES string of the molecule is CC(=O)N[C@H]1Cn2c(c(C=O)c3c(OCc4ccccc4)cc(C=O)cc32)[C@H]1OC(C)=O. The minimum absolute atomic E-state index is 0.249. The van der Waals surface area contributed by atoms with Crippen molar-refractivity contribution in [2.24, 2.45) is 0 Å². The summed E-state index contributed by atoms with van der Waals surface area (Å²) < 4.78 is 13.3. The van der Waals surface area contributed by atoms with Crippen molar-refractivity contribution in [2.45, 2.75) is 39.1 Å². The number of aldehydes is 2. The van der Waals surface area contributed by atoms with Gasteiger partial charge in [-0.05, 0) is 17.7 Å². The fourth-order valence-corrected chi connectivity index (χ4v) is 4.23. The summed E-state index contributed by atoms with van der Waals surface area (Å²) in [6.07, 6.45) is 0.557. The molecule has 0 saturated carbocycles. The smallest absolute Gasteiger partial charge is 0.303 e. The third-order valence-corrected chi connectivity index (χ3v) is 5.42. The van der Waals surface area contributed by atoms with Gasteiger partial charge >= 0.3 is 5.97 Å². The molecular weight excluding hydrogens is 412 g/mol. The van der Waals surface area contributed by atoms with Crippen LogP contribution in [0.3, 0.4) is 0 Å². The molecule has 1 N–H and O–H groups in total. The second kappa shape index (κ2) is 8.66. The van der Waals surface area contributed by atoms with E-state index < -0.39 is 18.1 Å². The van der Waals surface area contributed by atoms with E-state index in [0.717, 1.165) is 5.56 Å². The van der Waals surface area contributed by atoms with Gasteiger partial charge in [-0.1, -0.05) is 30.3 Å². The van der Waals surface area contributed by atoms with Crippen LogP contribution in [0.15, 0.2) is 42.5 Å². The molecule has 3 aromatic rings. The number of esters is 1. The first-order chi connectivity index (χ1) is 15.4. The van der Waals surface area contributed by atoms with Gasteiger partial charge in [0.05, 0.1) is 28.2 Å². The quantitative estimate of drug-likeness (QED) is 0.453. The maximum Gasteiger partial charge on any atom is 0.303 e. The molecule has 1 amide bonds. The van der Waals surface area contributed by atoms with Gasteiger partial charge in [-0.3, -0.25) is 19.2 Å². The van der Waals surface area contributed by atoms with E-state index in [4.69, 9.17) is 9.47 Å². The van der Waals surface area contributed by atoms with E-state index in [0.29, 0.717) is 46.0 Å². The third-order valence-electron chi connectivity index (χ3n) is 5.42. The first-order valence-corrected chi connectivity index (χ1v) is 10.1. The summed E-state index contributed by atoms with van der Waals surface area (Å²) in [5.74, 6) is -0.430. The zero-order valence-electron chi connectivity index (χ0n) is 17.7. The lowest BCUT2D eigenvalue weighted by atomic mass is 10.0. The molecule has 32 heavy (non-hydrogen) atoms. The molecule has 0 spiro atoms. The fraction of sp³-hybridized carbons (Fsp3) is 0.250. The first-order valence-electron chi connectivity index (χ1n) is 10.1. The van der Waals surface area contributed by atoms with E-state index in [2.05, 4.69) is 5.32 Å². The molecular formula is C24H22N2O6. The Morgan fingerprint density at radius 2 is 1.88 bits per heavy atom. The number of aromatic nitrogens is 1. The molecule has 0 fully saturated rings. The summed E-state index contributed by atoms with van der Waals surface area (Å²) in [7, 11) is 0. The molecule has 164 valence electrons. The van der Waals surface area contributed by atoms with Crippen molar-refractivity contribution in [1.82, 2.24) is 9.88 Å². The highest BCUT2D eigenvalue weighted by Gasteiger charge is 2.40. The van der Waals surface area contributed by atoms with Gasteiger partial charge in [0.1, 0.15) is 18.6 Å². The predicted octanol–water partition coefficient (Wildman–Crippen LogP) is 2.97. The molecule has 1 aliphatic heterocycles. The first kappa shape index (κ1) is 21.3. The Labute approximate surface area is 184 Å². The Hall–Kier alpha value is -3.94. The van der Waals surface area contributed by atoms with Crippen LogP contribution in [-0.4, -0.2) is 35.1 Å². The molecule has 2 heterocycles. The van der Waals surface area contributed by atoms with Gasteiger partial charge in [-0.2, -0.15) is 0 Å². The van der Waals surface area contributed by atoms with Crippen LogP contribution in [0.1, 0.15) is 51.9 Å². The predicted molar refractivity (Wildman–Crippen MR) is 116 cm³/mol. The van der Waals surface area contributed by atoms with Crippen LogP contribution in [0.4, 0.5) is 0 Å². The number of fused-ring (bicyclic) bond motifs is 3. The summed E-state index contributed by atoms with van der Waals surface area (Å²) in [6.45, 7) is 3.17. The Balaban J connectivity index is 1.86. The number of hydrogen-bond acceptors (Lipinski definition) is 6. The van der Waals surface area contributed by atoms with E-state index in [1.807, 2.05) is 30.3 Å².